The van der Waals surface area contributed by atoms with Gasteiger partial charge in [0.2, 0.25) is 0 Å². The third-order valence-electron chi connectivity index (χ3n) is 7.94. The number of hydrogen-bond acceptors (Lipinski definition) is 0. The highest BCUT2D eigenvalue weighted by Crippen LogP contribution is 2.75. The van der Waals surface area contributed by atoms with Gasteiger partial charge >= 0.3 is 0 Å². The van der Waals surface area contributed by atoms with Crippen molar-refractivity contribution in [3.8, 4) is 0 Å². The quantitative estimate of drug-likeness (QED) is 0.163. The predicted molar refractivity (Wildman–Crippen MR) is 184 cm³/mol. The van der Waals surface area contributed by atoms with Gasteiger partial charge in [-0.3, -0.25) is 0 Å². The second kappa shape index (κ2) is 12.3. The van der Waals surface area contributed by atoms with Crippen molar-refractivity contribution in [2.45, 2.75) is 39.2 Å². The monoisotopic (exact) mass is 600 g/mol. The molecule has 7 aromatic carbocycles. The molecule has 0 heterocycles. The molecule has 7 rings (SSSR count). The molecule has 0 aliphatic heterocycles. The maximum atomic E-state index is 3.82. The summed E-state index contributed by atoms with van der Waals surface area (Å²) in [5, 5.41) is 0. The van der Waals surface area contributed by atoms with E-state index >= 15 is 0 Å². The summed E-state index contributed by atoms with van der Waals surface area (Å²) in [6.07, 6.45) is 0. The van der Waals surface area contributed by atoms with Gasteiger partial charge in [-0.15, -0.1) is 20.1 Å². The first-order valence-electron chi connectivity index (χ1n) is 14.8. The van der Waals surface area contributed by atoms with Crippen molar-refractivity contribution in [1.82, 2.24) is 0 Å². The Balaban J connectivity index is 1.52. The van der Waals surface area contributed by atoms with Crippen LogP contribution in [0.1, 0.15) is 0 Å². The maximum Gasteiger partial charge on any atom is 0.0530 e. The molecule has 0 saturated heterocycles. The summed E-state index contributed by atoms with van der Waals surface area (Å²) < 4.78 is 0. The summed E-state index contributed by atoms with van der Waals surface area (Å²) in [5.74, 6) is 0. The van der Waals surface area contributed by atoms with Crippen molar-refractivity contribution in [2.75, 3.05) is 0 Å². The van der Waals surface area contributed by atoms with Gasteiger partial charge in [0.05, 0.1) is 9.79 Å². The molecular weight excluding hydrogens is 569 g/mol. The SMILES string of the molecule is c1c(S(c2ccccc2)(c2ccccc2)c2ccccc2)ccc(S(c2ccccc2)(c2ccccc2)c2ccccc2)c#1. The van der Waals surface area contributed by atoms with Crippen molar-refractivity contribution in [3.05, 3.63) is 206 Å². The molecule has 0 amide bonds. The van der Waals surface area contributed by atoms with E-state index in [0.717, 1.165) is 9.79 Å². The lowest BCUT2D eigenvalue weighted by molar-refractivity contribution is 1.21. The van der Waals surface area contributed by atoms with E-state index in [1.54, 1.807) is 0 Å². The molecule has 2 heteroatoms. The summed E-state index contributed by atoms with van der Waals surface area (Å²) >= 11 is 0. The summed E-state index contributed by atoms with van der Waals surface area (Å²) in [6.45, 7) is 0. The smallest absolute Gasteiger partial charge is 0.0530 e. The van der Waals surface area contributed by atoms with Gasteiger partial charge < -0.3 is 0 Å². The maximum absolute atomic E-state index is 3.82. The van der Waals surface area contributed by atoms with Crippen LogP contribution in [-0.2, 0) is 0 Å². The van der Waals surface area contributed by atoms with E-state index in [1.165, 1.54) is 29.4 Å². The summed E-state index contributed by atoms with van der Waals surface area (Å²) in [6, 6.07) is 77.9. The normalized spacial score (nSPS) is 12.2. The standard InChI is InChI=1S/C42H32S2/c1-7-19-35(20-8-1)43(36-21-9-2-10-22-36,37-23-11-3-12-24-37)41-31-33-42(34-32-41)44(38-25-13-4-14-26-38,39-27-15-5-16-28-39)40-29-17-6-18-30-40/h1-31,33H. The molecule has 0 aliphatic carbocycles. The molecule has 0 spiro atoms. The first-order chi connectivity index (χ1) is 21.8. The van der Waals surface area contributed by atoms with Crippen molar-refractivity contribution in [1.29, 1.82) is 0 Å². The fourth-order valence-corrected chi connectivity index (χ4v) is 13.5. The fourth-order valence-electron chi connectivity index (χ4n) is 6.04. The van der Waals surface area contributed by atoms with E-state index in [4.69, 9.17) is 0 Å². The van der Waals surface area contributed by atoms with Crippen LogP contribution in [0.4, 0.5) is 0 Å². The molecule has 0 radical (unpaired) electrons. The van der Waals surface area contributed by atoms with E-state index in [9.17, 15) is 0 Å². The van der Waals surface area contributed by atoms with E-state index in [-0.39, 0.29) is 0 Å². The van der Waals surface area contributed by atoms with Gasteiger partial charge in [-0.25, -0.2) is 0 Å². The molecule has 212 valence electrons. The topological polar surface area (TPSA) is 0 Å². The van der Waals surface area contributed by atoms with E-state index in [0.29, 0.717) is 0 Å². The average Bonchev–Trinajstić information content (AvgIpc) is 3.12. The average molecular weight is 601 g/mol. The molecule has 7 aromatic rings. The Labute approximate surface area is 264 Å². The zero-order valence-electron chi connectivity index (χ0n) is 24.3. The molecule has 0 unspecified atom stereocenters. The minimum Gasteiger partial charge on any atom is -0.125 e. The van der Waals surface area contributed by atoms with Crippen LogP contribution in [0, 0.1) is 12.1 Å². The van der Waals surface area contributed by atoms with Gasteiger partial charge in [0.1, 0.15) is 0 Å². The van der Waals surface area contributed by atoms with Crippen LogP contribution in [0.3, 0.4) is 0 Å². The minimum atomic E-state index is -1.84. The lowest BCUT2D eigenvalue weighted by atomic mass is 10.3. The van der Waals surface area contributed by atoms with Crippen LogP contribution in [-0.4, -0.2) is 0 Å². The van der Waals surface area contributed by atoms with Crippen molar-refractivity contribution >= 4 is 20.1 Å². The molecule has 0 saturated carbocycles. The van der Waals surface area contributed by atoms with Crippen LogP contribution < -0.4 is 0 Å². The first-order valence-corrected chi connectivity index (χ1v) is 18.0. The Bertz CT molecular complexity index is 1570. The Morgan fingerprint density at radius 2 is 0.409 bits per heavy atom. The summed E-state index contributed by atoms with van der Waals surface area (Å²) in [5.41, 5.74) is 0. The second-order valence-electron chi connectivity index (χ2n) is 10.4. The fraction of sp³-hybridized carbons (Fsp3) is 0. The van der Waals surface area contributed by atoms with Crippen LogP contribution >= 0.6 is 20.1 Å². The summed E-state index contributed by atoms with van der Waals surface area (Å²) in [7, 11) is -3.69. The number of hydrogen-bond donors (Lipinski definition) is 0. The van der Waals surface area contributed by atoms with Crippen molar-refractivity contribution < 1.29 is 0 Å². The first kappa shape index (κ1) is 27.9. The lowest BCUT2D eigenvalue weighted by Crippen LogP contribution is -2.06. The van der Waals surface area contributed by atoms with Gasteiger partial charge in [-0.2, -0.15) is 0 Å². The van der Waals surface area contributed by atoms with Crippen molar-refractivity contribution in [2.24, 2.45) is 0 Å². The molecule has 0 aromatic heterocycles. The van der Waals surface area contributed by atoms with Crippen molar-refractivity contribution in [3.63, 3.8) is 0 Å². The highest BCUT2D eigenvalue weighted by atomic mass is 32.3. The van der Waals surface area contributed by atoms with Gasteiger partial charge in [0.25, 0.3) is 0 Å². The van der Waals surface area contributed by atoms with E-state index < -0.39 is 20.1 Å². The zero-order chi connectivity index (χ0) is 29.7. The molecule has 44 heavy (non-hydrogen) atoms. The van der Waals surface area contributed by atoms with Gasteiger partial charge in [0, 0.05) is 29.4 Å². The Hall–Kier alpha value is -4.94. The van der Waals surface area contributed by atoms with Crippen LogP contribution in [0.15, 0.2) is 233 Å². The molecule has 0 atom stereocenters. The number of rotatable bonds is 8. The van der Waals surface area contributed by atoms with E-state index in [2.05, 4.69) is 206 Å². The van der Waals surface area contributed by atoms with E-state index in [1.807, 2.05) is 0 Å². The minimum absolute atomic E-state index is 1.15. The highest BCUT2D eigenvalue weighted by Gasteiger charge is 2.36. The molecular formula is C42H32S2. The molecule has 0 bridgehead atoms. The van der Waals surface area contributed by atoms with Gasteiger partial charge in [-0.05, 0) is 84.9 Å². The van der Waals surface area contributed by atoms with Crippen LogP contribution in [0.5, 0.6) is 0 Å². The molecule has 0 aliphatic rings. The third-order valence-corrected chi connectivity index (χ3v) is 15.6. The molecule has 0 fully saturated rings. The highest BCUT2D eigenvalue weighted by molar-refractivity contribution is 8.34. The zero-order valence-corrected chi connectivity index (χ0v) is 25.9. The van der Waals surface area contributed by atoms with Gasteiger partial charge in [0.15, 0.2) is 0 Å². The Kier molecular flexibility index (Phi) is 7.82. The Morgan fingerprint density at radius 3 is 0.568 bits per heavy atom. The predicted octanol–water partition coefficient (Wildman–Crippen LogP) is 12.0. The third kappa shape index (κ3) is 4.72. The lowest BCUT2D eigenvalue weighted by Gasteiger charge is -2.42. The van der Waals surface area contributed by atoms with Crippen LogP contribution in [0.25, 0.3) is 0 Å². The molecule has 0 N–H and O–H groups in total. The van der Waals surface area contributed by atoms with Gasteiger partial charge in [-0.1, -0.05) is 121 Å². The molecule has 0 nitrogen and oxygen atoms in total. The second-order valence-corrected chi connectivity index (χ2v) is 16.6. The largest absolute Gasteiger partial charge is 0.125 e. The Morgan fingerprint density at radius 1 is 0.227 bits per heavy atom. The number of benzene rings is 6. The van der Waals surface area contributed by atoms with Crippen LogP contribution in [0.2, 0.25) is 0 Å². The summed E-state index contributed by atoms with van der Waals surface area (Å²) in [4.78, 5) is 9.97.